The summed E-state index contributed by atoms with van der Waals surface area (Å²) < 4.78 is 5.24. The molecule has 3 N–H and O–H groups in total. The number of aromatic nitrogens is 1. The van der Waals surface area contributed by atoms with E-state index >= 15 is 0 Å². The lowest BCUT2D eigenvalue weighted by molar-refractivity contribution is -0.142. The molecule has 1 fully saturated rings. The van der Waals surface area contributed by atoms with Gasteiger partial charge < -0.3 is 15.4 Å². The van der Waals surface area contributed by atoms with Gasteiger partial charge in [-0.1, -0.05) is 19.0 Å². The van der Waals surface area contributed by atoms with E-state index in [0.29, 0.717) is 32.0 Å². The molecule has 1 aliphatic rings. The van der Waals surface area contributed by atoms with Crippen molar-refractivity contribution in [1.29, 1.82) is 0 Å². The van der Waals surface area contributed by atoms with Crippen LogP contribution in [0.15, 0.2) is 10.6 Å². The maximum atomic E-state index is 11.0. The van der Waals surface area contributed by atoms with Crippen LogP contribution in [0, 0.1) is 0 Å². The molecule has 0 spiro atoms. The van der Waals surface area contributed by atoms with Crippen LogP contribution in [0.3, 0.4) is 0 Å². The summed E-state index contributed by atoms with van der Waals surface area (Å²) in [5.41, 5.74) is 5.61. The zero-order chi connectivity index (χ0) is 13.3. The first-order chi connectivity index (χ1) is 8.40. The zero-order valence-corrected chi connectivity index (χ0v) is 10.7. The average Bonchev–Trinajstić information content (AvgIpc) is 2.87. The maximum Gasteiger partial charge on any atom is 0.325 e. The fourth-order valence-corrected chi connectivity index (χ4v) is 2.12. The molecule has 0 radical (unpaired) electrons. The van der Waals surface area contributed by atoms with Gasteiger partial charge >= 0.3 is 5.97 Å². The maximum absolute atomic E-state index is 11.0. The number of carboxylic acid groups (broad SMARTS) is 1. The van der Waals surface area contributed by atoms with Gasteiger partial charge in [-0.3, -0.25) is 9.69 Å². The highest BCUT2D eigenvalue weighted by atomic mass is 16.5. The van der Waals surface area contributed by atoms with E-state index in [-0.39, 0.29) is 0 Å². The second-order valence-electron chi connectivity index (χ2n) is 5.29. The Hall–Kier alpha value is -1.40. The van der Waals surface area contributed by atoms with E-state index < -0.39 is 11.5 Å². The van der Waals surface area contributed by atoms with Crippen LogP contribution in [-0.4, -0.2) is 39.8 Å². The molecule has 0 saturated carbocycles. The minimum atomic E-state index is -1.12. The number of hydrogen-bond acceptors (Lipinski definition) is 5. The van der Waals surface area contributed by atoms with E-state index in [2.05, 4.69) is 5.16 Å². The summed E-state index contributed by atoms with van der Waals surface area (Å²) in [6.07, 6.45) is 0.466. The van der Waals surface area contributed by atoms with Crippen LogP contribution in [0.25, 0.3) is 0 Å². The molecular formula is C12H19N3O3. The molecule has 0 amide bonds. The molecular weight excluding hydrogens is 234 g/mol. The second-order valence-corrected chi connectivity index (χ2v) is 5.29. The quantitative estimate of drug-likeness (QED) is 0.824. The van der Waals surface area contributed by atoms with Gasteiger partial charge in [-0.05, 0) is 12.3 Å². The van der Waals surface area contributed by atoms with Crippen molar-refractivity contribution in [2.75, 3.05) is 13.1 Å². The van der Waals surface area contributed by atoms with E-state index in [1.54, 1.807) is 0 Å². The van der Waals surface area contributed by atoms with Gasteiger partial charge in [0.25, 0.3) is 0 Å². The Kier molecular flexibility index (Phi) is 3.41. The van der Waals surface area contributed by atoms with Crippen LogP contribution >= 0.6 is 0 Å². The Labute approximate surface area is 106 Å². The number of nitrogens with zero attached hydrogens (tertiary/aromatic N) is 2. The third kappa shape index (κ3) is 2.54. The van der Waals surface area contributed by atoms with Gasteiger partial charge in [0.1, 0.15) is 5.54 Å². The lowest BCUT2D eigenvalue weighted by Gasteiger charge is -2.18. The molecule has 1 aromatic rings. The molecule has 2 rings (SSSR count). The van der Waals surface area contributed by atoms with Gasteiger partial charge in [-0.25, -0.2) is 0 Å². The van der Waals surface area contributed by atoms with Crippen molar-refractivity contribution in [2.45, 2.75) is 38.3 Å². The van der Waals surface area contributed by atoms with Gasteiger partial charge in [-0.15, -0.1) is 0 Å². The lowest BCUT2D eigenvalue weighted by Crippen LogP contribution is -2.49. The van der Waals surface area contributed by atoms with Crippen molar-refractivity contribution in [3.8, 4) is 0 Å². The minimum Gasteiger partial charge on any atom is -0.480 e. The number of aliphatic carboxylic acids is 1. The van der Waals surface area contributed by atoms with Gasteiger partial charge in [0.05, 0.1) is 12.2 Å². The summed E-state index contributed by atoms with van der Waals surface area (Å²) in [6, 6.07) is 1.92. The summed E-state index contributed by atoms with van der Waals surface area (Å²) in [4.78, 5) is 13.0. The van der Waals surface area contributed by atoms with Crippen LogP contribution < -0.4 is 5.73 Å². The highest BCUT2D eigenvalue weighted by Crippen LogP contribution is 2.22. The molecule has 6 nitrogen and oxygen atoms in total. The molecule has 0 aromatic carbocycles. The second kappa shape index (κ2) is 4.70. The number of nitrogens with two attached hydrogens (primary N) is 1. The first-order valence-corrected chi connectivity index (χ1v) is 6.11. The largest absolute Gasteiger partial charge is 0.480 e. The molecule has 1 aromatic heterocycles. The minimum absolute atomic E-state index is 0.327. The average molecular weight is 253 g/mol. The van der Waals surface area contributed by atoms with Crippen molar-refractivity contribution in [1.82, 2.24) is 10.1 Å². The Morgan fingerprint density at radius 3 is 2.94 bits per heavy atom. The first-order valence-electron chi connectivity index (χ1n) is 6.11. The third-order valence-electron chi connectivity index (χ3n) is 3.35. The summed E-state index contributed by atoms with van der Waals surface area (Å²) >= 11 is 0. The highest BCUT2D eigenvalue weighted by Gasteiger charge is 2.41. The normalized spacial score (nSPS) is 24.9. The topological polar surface area (TPSA) is 92.6 Å². The molecule has 2 heterocycles. The van der Waals surface area contributed by atoms with Crippen molar-refractivity contribution in [3.05, 3.63) is 17.5 Å². The number of carbonyl (C=O) groups is 1. The van der Waals surface area contributed by atoms with E-state index in [9.17, 15) is 4.79 Å². The zero-order valence-electron chi connectivity index (χ0n) is 10.7. The summed E-state index contributed by atoms with van der Waals surface area (Å²) in [5, 5.41) is 13.0. The third-order valence-corrected chi connectivity index (χ3v) is 3.35. The van der Waals surface area contributed by atoms with Crippen molar-refractivity contribution in [2.24, 2.45) is 5.73 Å². The molecule has 1 aliphatic heterocycles. The van der Waals surface area contributed by atoms with Crippen LogP contribution in [0.2, 0.25) is 0 Å². The smallest absolute Gasteiger partial charge is 0.325 e. The lowest BCUT2D eigenvalue weighted by atomic mass is 10.0. The van der Waals surface area contributed by atoms with Crippen molar-refractivity contribution in [3.63, 3.8) is 0 Å². The molecule has 1 saturated heterocycles. The van der Waals surface area contributed by atoms with Crippen molar-refractivity contribution >= 4 is 5.97 Å². The molecule has 18 heavy (non-hydrogen) atoms. The number of likely N-dealkylation sites (tertiary alicyclic amines) is 1. The highest BCUT2D eigenvalue weighted by molar-refractivity contribution is 5.79. The van der Waals surface area contributed by atoms with E-state index in [1.165, 1.54) is 0 Å². The molecule has 1 unspecified atom stereocenters. The van der Waals surface area contributed by atoms with E-state index in [0.717, 1.165) is 11.5 Å². The summed E-state index contributed by atoms with van der Waals surface area (Å²) in [5.74, 6) is 0.146. The molecule has 6 heteroatoms. The van der Waals surface area contributed by atoms with Crippen LogP contribution in [-0.2, 0) is 11.3 Å². The van der Waals surface area contributed by atoms with E-state index in [1.807, 2.05) is 24.8 Å². The SMILES string of the molecule is CC(C)c1cc(CN2CCC(N)(C(=O)O)C2)on1. The summed E-state index contributed by atoms with van der Waals surface area (Å²) in [7, 11) is 0. The summed E-state index contributed by atoms with van der Waals surface area (Å²) in [6.45, 7) is 5.67. The van der Waals surface area contributed by atoms with Crippen LogP contribution in [0.4, 0.5) is 0 Å². The van der Waals surface area contributed by atoms with Crippen molar-refractivity contribution < 1.29 is 14.4 Å². The standard InChI is InChI=1S/C12H19N3O3/c1-8(2)10-5-9(18-14-10)6-15-4-3-12(13,7-15)11(16)17/h5,8H,3-4,6-7,13H2,1-2H3,(H,16,17). The van der Waals surface area contributed by atoms with Crippen LogP contribution in [0.1, 0.15) is 37.6 Å². The van der Waals surface area contributed by atoms with E-state index in [4.69, 9.17) is 15.4 Å². The Morgan fingerprint density at radius 2 is 2.44 bits per heavy atom. The number of carboxylic acids is 1. The fraction of sp³-hybridized carbons (Fsp3) is 0.667. The van der Waals surface area contributed by atoms with Crippen LogP contribution in [0.5, 0.6) is 0 Å². The fourth-order valence-electron chi connectivity index (χ4n) is 2.12. The Balaban J connectivity index is 1.97. The monoisotopic (exact) mass is 253 g/mol. The molecule has 100 valence electrons. The molecule has 0 aliphatic carbocycles. The first kappa shape index (κ1) is 13.0. The van der Waals surface area contributed by atoms with Gasteiger partial charge in [0.2, 0.25) is 0 Å². The predicted molar refractivity (Wildman–Crippen MR) is 65.0 cm³/mol. The Bertz CT molecular complexity index is 444. The molecule has 1 atom stereocenters. The van der Waals surface area contributed by atoms with Gasteiger partial charge in [-0.2, -0.15) is 0 Å². The van der Waals surface area contributed by atoms with Gasteiger partial charge in [0, 0.05) is 19.2 Å². The molecule has 0 bridgehead atoms. The predicted octanol–water partition coefficient (Wildman–Crippen LogP) is 0.786. The number of hydrogen-bond donors (Lipinski definition) is 2. The Morgan fingerprint density at radius 1 is 1.72 bits per heavy atom. The van der Waals surface area contributed by atoms with Gasteiger partial charge in [0.15, 0.2) is 5.76 Å². The number of rotatable bonds is 4.